The van der Waals surface area contributed by atoms with Crippen molar-refractivity contribution in [1.82, 2.24) is 15.3 Å². The van der Waals surface area contributed by atoms with E-state index in [4.69, 9.17) is 5.11 Å². The van der Waals surface area contributed by atoms with Crippen LogP contribution >= 0.6 is 0 Å². The average molecular weight is 269 g/mol. The van der Waals surface area contributed by atoms with Crippen LogP contribution in [0, 0.1) is 0 Å². The zero-order valence-corrected chi connectivity index (χ0v) is 9.87. The first-order valence-corrected chi connectivity index (χ1v) is 5.09. The zero-order chi connectivity index (χ0) is 14.4. The first kappa shape index (κ1) is 14.4. The second-order valence-corrected chi connectivity index (χ2v) is 3.44. The van der Waals surface area contributed by atoms with Gasteiger partial charge in [-0.3, -0.25) is 14.4 Å². The van der Waals surface area contributed by atoms with Gasteiger partial charge in [-0.1, -0.05) is 0 Å². The lowest BCUT2D eigenvalue weighted by Gasteiger charge is -2.12. The van der Waals surface area contributed by atoms with Gasteiger partial charge in [-0.25, -0.2) is 9.78 Å². The number of methoxy groups -OCH3 is 1. The molecule has 1 amide bonds. The highest BCUT2D eigenvalue weighted by Gasteiger charge is 2.24. The molecule has 0 radical (unpaired) electrons. The van der Waals surface area contributed by atoms with Crippen molar-refractivity contribution in [1.29, 1.82) is 0 Å². The molecule has 0 aliphatic carbocycles. The van der Waals surface area contributed by atoms with E-state index >= 15 is 0 Å². The fraction of sp³-hybridized carbons (Fsp3) is 0.300. The normalized spacial score (nSPS) is 11.4. The Morgan fingerprint density at radius 2 is 2.21 bits per heavy atom. The maximum absolute atomic E-state index is 11.6. The topological polar surface area (TPSA) is 138 Å². The molecule has 102 valence electrons. The van der Waals surface area contributed by atoms with Crippen LogP contribution in [0.3, 0.4) is 0 Å². The Balaban J connectivity index is 2.76. The van der Waals surface area contributed by atoms with E-state index in [1.165, 1.54) is 0 Å². The molecule has 1 aromatic rings. The molecule has 0 spiro atoms. The fourth-order valence-corrected chi connectivity index (χ4v) is 1.15. The smallest absolute Gasteiger partial charge is 0.326 e. The molecule has 9 heteroatoms. The Bertz CT molecular complexity index is 532. The third-order valence-corrected chi connectivity index (χ3v) is 2.11. The van der Waals surface area contributed by atoms with Crippen molar-refractivity contribution in [3.8, 4) is 0 Å². The van der Waals surface area contributed by atoms with Crippen LogP contribution in [0.4, 0.5) is 0 Å². The zero-order valence-electron chi connectivity index (χ0n) is 9.87. The Labute approximate surface area is 106 Å². The molecule has 0 aromatic carbocycles. The maximum Gasteiger partial charge on any atom is 0.326 e. The van der Waals surface area contributed by atoms with E-state index < -0.39 is 35.9 Å². The minimum Gasteiger partial charge on any atom is -0.480 e. The second kappa shape index (κ2) is 6.28. The molecule has 0 bridgehead atoms. The summed E-state index contributed by atoms with van der Waals surface area (Å²) in [7, 11) is 1.10. The van der Waals surface area contributed by atoms with Crippen molar-refractivity contribution in [2.45, 2.75) is 12.5 Å². The van der Waals surface area contributed by atoms with Gasteiger partial charge in [-0.2, -0.15) is 0 Å². The van der Waals surface area contributed by atoms with Gasteiger partial charge in [0.1, 0.15) is 11.7 Å². The molecule has 0 saturated carbocycles. The van der Waals surface area contributed by atoms with Gasteiger partial charge in [0.25, 0.3) is 11.5 Å². The molecule has 0 fully saturated rings. The Morgan fingerprint density at radius 3 is 2.68 bits per heavy atom. The van der Waals surface area contributed by atoms with E-state index in [1.807, 2.05) is 0 Å². The van der Waals surface area contributed by atoms with Crippen LogP contribution in [0.25, 0.3) is 0 Å². The van der Waals surface area contributed by atoms with Gasteiger partial charge in [0, 0.05) is 6.20 Å². The van der Waals surface area contributed by atoms with Gasteiger partial charge in [0.05, 0.1) is 19.7 Å². The first-order chi connectivity index (χ1) is 8.93. The van der Waals surface area contributed by atoms with E-state index in [0.717, 1.165) is 19.5 Å². The summed E-state index contributed by atoms with van der Waals surface area (Å²) in [6.07, 6.45) is 1.40. The Kier molecular flexibility index (Phi) is 4.75. The molecule has 0 aliphatic rings. The van der Waals surface area contributed by atoms with Crippen LogP contribution in [0.2, 0.25) is 0 Å². The lowest BCUT2D eigenvalue weighted by atomic mass is 10.2. The quantitative estimate of drug-likeness (QED) is 0.554. The molecule has 1 atom stereocenters. The van der Waals surface area contributed by atoms with Crippen LogP contribution < -0.4 is 10.9 Å². The minimum atomic E-state index is -1.44. The molecular weight excluding hydrogens is 258 g/mol. The van der Waals surface area contributed by atoms with Crippen molar-refractivity contribution in [2.24, 2.45) is 0 Å². The van der Waals surface area contributed by atoms with Crippen LogP contribution in [0.5, 0.6) is 0 Å². The second-order valence-electron chi connectivity index (χ2n) is 3.44. The average Bonchev–Trinajstić information content (AvgIpc) is 2.38. The van der Waals surface area contributed by atoms with Gasteiger partial charge in [-0.05, 0) is 0 Å². The predicted octanol–water partition coefficient (Wildman–Crippen LogP) is -1.48. The van der Waals surface area contributed by atoms with Crippen molar-refractivity contribution in [3.05, 3.63) is 28.4 Å². The molecule has 0 saturated heterocycles. The predicted molar refractivity (Wildman–Crippen MR) is 60.4 cm³/mol. The number of ether oxygens (including phenoxy) is 1. The number of aromatic amines is 1. The number of carboxylic acid groups (broad SMARTS) is 1. The van der Waals surface area contributed by atoms with Crippen molar-refractivity contribution >= 4 is 17.8 Å². The molecule has 9 nitrogen and oxygen atoms in total. The van der Waals surface area contributed by atoms with Crippen molar-refractivity contribution in [2.75, 3.05) is 7.11 Å². The number of esters is 1. The molecule has 1 heterocycles. The van der Waals surface area contributed by atoms with Gasteiger partial charge in [-0.15, -0.1) is 0 Å². The fourth-order valence-electron chi connectivity index (χ4n) is 1.15. The summed E-state index contributed by atoms with van der Waals surface area (Å²) < 4.78 is 4.32. The third-order valence-electron chi connectivity index (χ3n) is 2.11. The highest BCUT2D eigenvalue weighted by Crippen LogP contribution is 1.98. The summed E-state index contributed by atoms with van der Waals surface area (Å²) >= 11 is 0. The third kappa shape index (κ3) is 4.22. The van der Waals surface area contributed by atoms with Crippen LogP contribution in [0.15, 0.2) is 17.2 Å². The largest absolute Gasteiger partial charge is 0.480 e. The van der Waals surface area contributed by atoms with E-state index in [9.17, 15) is 19.2 Å². The molecule has 0 unspecified atom stereocenters. The standard InChI is InChI=1S/C10H11N3O6/c1-19-8(15)2-5(10(17)18)13-9(16)6-3-12-7(14)4-11-6/h3-5H,2H2,1H3,(H,12,14)(H,13,16)(H,17,18)/t5-/m0/s1. The van der Waals surface area contributed by atoms with Crippen LogP contribution in [-0.4, -0.2) is 46.1 Å². The first-order valence-electron chi connectivity index (χ1n) is 5.09. The summed E-state index contributed by atoms with van der Waals surface area (Å²) in [6.45, 7) is 0. The maximum atomic E-state index is 11.6. The van der Waals surface area contributed by atoms with E-state index in [0.29, 0.717) is 0 Å². The number of nitrogens with zero attached hydrogens (tertiary/aromatic N) is 1. The molecular formula is C10H11N3O6. The molecule has 19 heavy (non-hydrogen) atoms. The Hall–Kier alpha value is -2.71. The number of hydrogen-bond acceptors (Lipinski definition) is 6. The SMILES string of the molecule is COC(=O)C[C@H](NC(=O)c1c[nH]c(=O)cn1)C(=O)O. The van der Waals surface area contributed by atoms with Gasteiger partial charge in [0.2, 0.25) is 0 Å². The number of aromatic nitrogens is 2. The van der Waals surface area contributed by atoms with E-state index in [2.05, 4.69) is 20.0 Å². The summed E-state index contributed by atoms with van der Waals surface area (Å²) in [4.78, 5) is 50.0. The van der Waals surface area contributed by atoms with Gasteiger partial charge in [0.15, 0.2) is 0 Å². The van der Waals surface area contributed by atoms with E-state index in [-0.39, 0.29) is 5.69 Å². The van der Waals surface area contributed by atoms with Crippen LogP contribution in [0.1, 0.15) is 16.9 Å². The number of aliphatic carboxylic acids is 1. The summed E-state index contributed by atoms with van der Waals surface area (Å²) in [5, 5.41) is 11.0. The molecule has 0 aliphatic heterocycles. The van der Waals surface area contributed by atoms with Gasteiger partial charge < -0.3 is 20.1 Å². The number of rotatable bonds is 5. The van der Waals surface area contributed by atoms with Crippen molar-refractivity contribution in [3.63, 3.8) is 0 Å². The Morgan fingerprint density at radius 1 is 1.53 bits per heavy atom. The summed E-state index contributed by atoms with van der Waals surface area (Å²) in [6, 6.07) is -1.44. The number of carbonyl (C=O) groups excluding carboxylic acids is 2. The highest BCUT2D eigenvalue weighted by atomic mass is 16.5. The minimum absolute atomic E-state index is 0.171. The number of nitrogens with one attached hydrogen (secondary N) is 2. The van der Waals surface area contributed by atoms with Crippen molar-refractivity contribution < 1.29 is 24.2 Å². The lowest BCUT2D eigenvalue weighted by molar-refractivity contribution is -0.147. The highest BCUT2D eigenvalue weighted by molar-refractivity contribution is 5.95. The lowest BCUT2D eigenvalue weighted by Crippen LogP contribution is -2.42. The molecule has 1 aromatic heterocycles. The number of carbonyl (C=O) groups is 3. The molecule has 1 rings (SSSR count). The monoisotopic (exact) mass is 269 g/mol. The van der Waals surface area contributed by atoms with E-state index in [1.54, 1.807) is 0 Å². The molecule has 3 N–H and O–H groups in total. The number of H-pyrrole nitrogens is 1. The number of amides is 1. The number of carboxylic acids is 1. The summed E-state index contributed by atoms with van der Waals surface area (Å²) in [5.41, 5.74) is -0.670. The number of hydrogen-bond donors (Lipinski definition) is 3. The van der Waals surface area contributed by atoms with Crippen LogP contribution in [-0.2, 0) is 14.3 Å². The van der Waals surface area contributed by atoms with Gasteiger partial charge >= 0.3 is 11.9 Å². The summed E-state index contributed by atoms with van der Waals surface area (Å²) in [5.74, 6) is -2.99.